The highest BCUT2D eigenvalue weighted by Crippen LogP contribution is 2.63. The van der Waals surface area contributed by atoms with E-state index in [2.05, 4.69) is 180 Å². The quantitative estimate of drug-likeness (QED) is 0.162. The van der Waals surface area contributed by atoms with Crippen molar-refractivity contribution in [3.8, 4) is 78.9 Å². The van der Waals surface area contributed by atoms with Gasteiger partial charge in [0.05, 0.1) is 39.4 Å². The summed E-state index contributed by atoms with van der Waals surface area (Å²) in [7, 11) is 0. The molecular formula is C59H36N4O. The van der Waals surface area contributed by atoms with Crippen molar-refractivity contribution >= 4 is 21.7 Å². The third-order valence-electron chi connectivity index (χ3n) is 13.1. The number of rotatable bonds is 5. The average Bonchev–Trinajstić information content (AvgIpc) is 3.67. The molecular weight excluding hydrogens is 781 g/mol. The first kappa shape index (κ1) is 36.1. The van der Waals surface area contributed by atoms with Crippen LogP contribution in [-0.4, -0.2) is 19.9 Å². The summed E-state index contributed by atoms with van der Waals surface area (Å²) >= 11 is 0. The summed E-state index contributed by atoms with van der Waals surface area (Å²) in [6, 6.07) is 72.9. The van der Waals surface area contributed by atoms with Crippen LogP contribution in [0, 0.1) is 0 Å². The number of pyridine rings is 4. The minimum absolute atomic E-state index is 0.568. The van der Waals surface area contributed by atoms with Gasteiger partial charge >= 0.3 is 0 Å². The van der Waals surface area contributed by atoms with Gasteiger partial charge in [0.2, 0.25) is 0 Å². The van der Waals surface area contributed by atoms with Gasteiger partial charge in [0, 0.05) is 45.2 Å². The summed E-state index contributed by atoms with van der Waals surface area (Å²) in [6.07, 6.45) is 3.60. The molecule has 0 saturated heterocycles. The molecule has 0 atom stereocenters. The van der Waals surface area contributed by atoms with E-state index < -0.39 is 5.41 Å². The Morgan fingerprint density at radius 2 is 0.922 bits per heavy atom. The highest BCUT2D eigenvalue weighted by atomic mass is 16.5. The van der Waals surface area contributed by atoms with Crippen LogP contribution in [0.15, 0.2) is 219 Å². The lowest BCUT2D eigenvalue weighted by atomic mass is 9.65. The number of hydrogen-bond acceptors (Lipinski definition) is 5. The standard InChI is InChI=1S/C59H36N4O/c1-2-14-39(15-3-1)57-45-30-31-49-58(64-55-23-9-8-20-48(55)59(49)46-18-6-4-16-42(46)43-17-5-7-19-47(43)59)56(45)44-29-28-40(34-52(44)63-57)37-24-26-38(27-25-37)41-35-53(50-21-10-12-32-60-50)62-54(36-41)51-22-11-13-33-61-51/h1-36H. The van der Waals surface area contributed by atoms with Gasteiger partial charge in [-0.25, -0.2) is 9.97 Å². The van der Waals surface area contributed by atoms with E-state index >= 15 is 0 Å². The first-order chi connectivity index (χ1) is 31.7. The second-order valence-electron chi connectivity index (χ2n) is 16.5. The fraction of sp³-hybridized carbons (Fsp3) is 0.0169. The summed E-state index contributed by atoms with van der Waals surface area (Å²) in [5, 5.41) is 3.15. The smallest absolute Gasteiger partial charge is 0.140 e. The van der Waals surface area contributed by atoms with Gasteiger partial charge in [-0.05, 0) is 93.0 Å². The minimum atomic E-state index is -0.568. The lowest BCUT2D eigenvalue weighted by Crippen LogP contribution is -2.32. The number of ether oxygens (including phenoxy) is 1. The van der Waals surface area contributed by atoms with Crippen molar-refractivity contribution in [1.82, 2.24) is 19.9 Å². The first-order valence-electron chi connectivity index (χ1n) is 21.6. The number of para-hydroxylation sites is 1. The van der Waals surface area contributed by atoms with Gasteiger partial charge in [0.25, 0.3) is 0 Å². The highest BCUT2D eigenvalue weighted by molar-refractivity contribution is 6.15. The molecule has 11 aromatic rings. The van der Waals surface area contributed by atoms with Crippen LogP contribution in [0.4, 0.5) is 0 Å². The summed E-state index contributed by atoms with van der Waals surface area (Å²) in [5.41, 5.74) is 17.2. The fourth-order valence-corrected chi connectivity index (χ4v) is 10.2. The molecule has 0 amide bonds. The Morgan fingerprint density at radius 3 is 1.58 bits per heavy atom. The first-order valence-corrected chi connectivity index (χ1v) is 21.6. The summed E-state index contributed by atoms with van der Waals surface area (Å²) < 4.78 is 7.21. The van der Waals surface area contributed by atoms with Crippen molar-refractivity contribution in [3.63, 3.8) is 0 Å². The zero-order chi connectivity index (χ0) is 42.2. The van der Waals surface area contributed by atoms with Crippen LogP contribution in [0.2, 0.25) is 0 Å². The molecule has 1 spiro atoms. The lowest BCUT2D eigenvalue weighted by molar-refractivity contribution is 0.442. The second kappa shape index (κ2) is 14.3. The predicted molar refractivity (Wildman–Crippen MR) is 257 cm³/mol. The van der Waals surface area contributed by atoms with E-state index in [1.807, 2.05) is 36.4 Å². The van der Waals surface area contributed by atoms with Crippen LogP contribution in [0.1, 0.15) is 22.3 Å². The van der Waals surface area contributed by atoms with Crippen molar-refractivity contribution in [2.45, 2.75) is 5.41 Å². The van der Waals surface area contributed by atoms with Crippen molar-refractivity contribution in [1.29, 1.82) is 0 Å². The van der Waals surface area contributed by atoms with E-state index in [9.17, 15) is 0 Å². The van der Waals surface area contributed by atoms with Gasteiger partial charge < -0.3 is 4.74 Å². The van der Waals surface area contributed by atoms with E-state index in [0.29, 0.717) is 0 Å². The molecule has 0 unspecified atom stereocenters. The van der Waals surface area contributed by atoms with Gasteiger partial charge in [-0.3, -0.25) is 9.97 Å². The highest BCUT2D eigenvalue weighted by Gasteiger charge is 2.51. The van der Waals surface area contributed by atoms with Gasteiger partial charge in [-0.15, -0.1) is 0 Å². The van der Waals surface area contributed by atoms with Gasteiger partial charge in [0.15, 0.2) is 0 Å². The van der Waals surface area contributed by atoms with E-state index in [1.54, 1.807) is 12.4 Å². The third-order valence-corrected chi connectivity index (χ3v) is 13.1. The molecule has 5 heteroatoms. The van der Waals surface area contributed by atoms with Crippen LogP contribution in [0.3, 0.4) is 0 Å². The zero-order valence-electron chi connectivity index (χ0n) is 34.5. The van der Waals surface area contributed by atoms with Crippen molar-refractivity contribution < 1.29 is 4.74 Å². The molecule has 298 valence electrons. The molecule has 5 heterocycles. The Labute approximate surface area is 370 Å². The number of aromatic nitrogens is 4. The number of nitrogens with zero attached hydrogens (tertiary/aromatic N) is 4. The molecule has 5 nitrogen and oxygen atoms in total. The molecule has 64 heavy (non-hydrogen) atoms. The number of fused-ring (bicyclic) bond motifs is 13. The summed E-state index contributed by atoms with van der Waals surface area (Å²) in [4.78, 5) is 19.7. The van der Waals surface area contributed by atoms with Crippen molar-refractivity contribution in [3.05, 3.63) is 241 Å². The average molecular weight is 817 g/mol. The molecule has 13 rings (SSSR count). The normalized spacial score (nSPS) is 12.9. The number of benzene rings is 7. The molecule has 1 aliphatic heterocycles. The largest absolute Gasteiger partial charge is 0.456 e. The molecule has 0 bridgehead atoms. The summed E-state index contributed by atoms with van der Waals surface area (Å²) in [6.45, 7) is 0. The van der Waals surface area contributed by atoms with Crippen molar-refractivity contribution in [2.75, 3.05) is 0 Å². The zero-order valence-corrected chi connectivity index (χ0v) is 34.5. The van der Waals surface area contributed by atoms with Gasteiger partial charge in [-0.2, -0.15) is 0 Å². The van der Waals surface area contributed by atoms with Crippen LogP contribution >= 0.6 is 0 Å². The maximum Gasteiger partial charge on any atom is 0.140 e. The maximum atomic E-state index is 7.21. The lowest BCUT2D eigenvalue weighted by Gasteiger charge is -2.40. The Bertz CT molecular complexity index is 3520. The molecule has 4 aromatic heterocycles. The van der Waals surface area contributed by atoms with E-state index in [1.165, 1.54) is 22.3 Å². The van der Waals surface area contributed by atoms with E-state index in [-0.39, 0.29) is 0 Å². The molecule has 0 N–H and O–H groups in total. The number of hydrogen-bond donors (Lipinski definition) is 0. The van der Waals surface area contributed by atoms with E-state index in [4.69, 9.17) is 14.7 Å². The molecule has 1 aliphatic carbocycles. The molecule has 0 saturated carbocycles. The van der Waals surface area contributed by atoms with Crippen LogP contribution < -0.4 is 4.74 Å². The molecule has 2 aliphatic rings. The second-order valence-corrected chi connectivity index (χ2v) is 16.5. The Hall–Kier alpha value is -8.54. The Balaban J connectivity index is 0.995. The Morgan fingerprint density at radius 1 is 0.359 bits per heavy atom. The fourth-order valence-electron chi connectivity index (χ4n) is 10.2. The van der Waals surface area contributed by atoms with Gasteiger partial charge in [-0.1, -0.05) is 158 Å². The minimum Gasteiger partial charge on any atom is -0.456 e. The van der Waals surface area contributed by atoms with Crippen LogP contribution in [-0.2, 0) is 5.41 Å². The van der Waals surface area contributed by atoms with Crippen LogP contribution in [0.25, 0.3) is 89.1 Å². The SMILES string of the molecule is c1ccc(-c2nc3cc(-c4ccc(-c5cc(-c6ccccn6)nc(-c6ccccn6)c5)cc4)ccc3c3c4c(ccc23)C2(c3ccccc3O4)c3ccccc3-c3ccccc32)cc1. The monoisotopic (exact) mass is 816 g/mol. The van der Waals surface area contributed by atoms with E-state index in [0.717, 1.165) is 101 Å². The van der Waals surface area contributed by atoms with Crippen LogP contribution in [0.5, 0.6) is 11.5 Å². The molecule has 0 radical (unpaired) electrons. The molecule has 7 aromatic carbocycles. The molecule has 0 fully saturated rings. The Kier molecular flexibility index (Phi) is 8.06. The van der Waals surface area contributed by atoms with Gasteiger partial charge in [0.1, 0.15) is 11.5 Å². The third kappa shape index (κ3) is 5.44. The predicted octanol–water partition coefficient (Wildman–Crippen LogP) is 14.4. The maximum absolute atomic E-state index is 7.21. The van der Waals surface area contributed by atoms with Crippen molar-refractivity contribution in [2.24, 2.45) is 0 Å². The summed E-state index contributed by atoms with van der Waals surface area (Å²) in [5.74, 6) is 1.74. The topological polar surface area (TPSA) is 60.8 Å².